The predicted octanol–water partition coefficient (Wildman–Crippen LogP) is 1.71. The van der Waals surface area contributed by atoms with E-state index in [2.05, 4.69) is 5.32 Å². The van der Waals surface area contributed by atoms with E-state index in [1.165, 1.54) is 0 Å². The van der Waals surface area contributed by atoms with Crippen molar-refractivity contribution in [3.05, 3.63) is 24.3 Å². The highest BCUT2D eigenvalue weighted by Gasteiger charge is 2.14. The van der Waals surface area contributed by atoms with Crippen LogP contribution in [0.5, 0.6) is 0 Å². The fourth-order valence-electron chi connectivity index (χ4n) is 1.35. The van der Waals surface area contributed by atoms with E-state index in [4.69, 9.17) is 10.5 Å². The molecule has 1 aromatic rings. The van der Waals surface area contributed by atoms with Gasteiger partial charge < -0.3 is 15.8 Å². The number of carbonyl (C=O) groups excluding carboxylic acids is 1. The molecule has 0 bridgehead atoms. The van der Waals surface area contributed by atoms with Gasteiger partial charge >= 0.3 is 0 Å². The molecule has 17 heavy (non-hydrogen) atoms. The zero-order valence-corrected chi connectivity index (χ0v) is 10.9. The highest BCUT2D eigenvalue weighted by Crippen LogP contribution is 2.24. The second kappa shape index (κ2) is 7.32. The van der Waals surface area contributed by atoms with Gasteiger partial charge in [0.25, 0.3) is 0 Å². The molecule has 1 unspecified atom stereocenters. The number of nitrogens with two attached hydrogens (primary N) is 1. The van der Waals surface area contributed by atoms with Crippen molar-refractivity contribution < 1.29 is 9.53 Å². The normalized spacial score (nSPS) is 12.2. The van der Waals surface area contributed by atoms with Crippen molar-refractivity contribution in [1.82, 2.24) is 0 Å². The van der Waals surface area contributed by atoms with Crippen LogP contribution in [0, 0.1) is 0 Å². The van der Waals surface area contributed by atoms with Gasteiger partial charge in [0.1, 0.15) is 0 Å². The lowest BCUT2D eigenvalue weighted by Crippen LogP contribution is -2.36. The zero-order valence-electron chi connectivity index (χ0n) is 10.1. The third kappa shape index (κ3) is 4.38. The molecule has 0 aliphatic heterocycles. The number of hydrogen-bond acceptors (Lipinski definition) is 4. The lowest BCUT2D eigenvalue weighted by atomic mass is 10.2. The Balaban J connectivity index is 2.61. The molecule has 4 nitrogen and oxygen atoms in total. The molecule has 0 aromatic heterocycles. The average molecular weight is 254 g/mol. The average Bonchev–Trinajstić information content (AvgIpc) is 2.36. The van der Waals surface area contributed by atoms with E-state index in [0.29, 0.717) is 13.0 Å². The third-order valence-corrected chi connectivity index (χ3v) is 3.13. The molecule has 0 saturated carbocycles. The van der Waals surface area contributed by atoms with Gasteiger partial charge in [-0.25, -0.2) is 0 Å². The van der Waals surface area contributed by atoms with Gasteiger partial charge in [-0.3, -0.25) is 4.79 Å². The predicted molar refractivity (Wildman–Crippen MR) is 71.3 cm³/mol. The molecule has 1 rings (SSSR count). The Kier molecular flexibility index (Phi) is 6.04. The number of methoxy groups -OCH3 is 1. The van der Waals surface area contributed by atoms with Crippen molar-refractivity contribution in [2.75, 3.05) is 25.3 Å². The molecule has 1 aromatic carbocycles. The first-order valence-electron chi connectivity index (χ1n) is 5.37. The molecule has 1 amide bonds. The van der Waals surface area contributed by atoms with Crippen LogP contribution in [0.2, 0.25) is 0 Å². The van der Waals surface area contributed by atoms with Gasteiger partial charge in [0.05, 0.1) is 11.7 Å². The number of hydrogen-bond donors (Lipinski definition) is 2. The topological polar surface area (TPSA) is 64.3 Å². The van der Waals surface area contributed by atoms with E-state index in [1.807, 2.05) is 30.5 Å². The Morgan fingerprint density at radius 2 is 2.24 bits per heavy atom. The van der Waals surface area contributed by atoms with Gasteiger partial charge in [-0.1, -0.05) is 12.1 Å². The minimum absolute atomic E-state index is 0.177. The Bertz CT molecular complexity index is 371. The summed E-state index contributed by atoms with van der Waals surface area (Å²) in [5.41, 5.74) is 6.55. The van der Waals surface area contributed by atoms with E-state index in [9.17, 15) is 4.79 Å². The Morgan fingerprint density at radius 1 is 1.53 bits per heavy atom. The SMILES string of the molecule is COCCC(N)C(=O)Nc1ccccc1SC. The van der Waals surface area contributed by atoms with Gasteiger partial charge in [0.2, 0.25) is 5.91 Å². The summed E-state index contributed by atoms with van der Waals surface area (Å²) < 4.78 is 4.89. The maximum Gasteiger partial charge on any atom is 0.241 e. The summed E-state index contributed by atoms with van der Waals surface area (Å²) >= 11 is 1.59. The van der Waals surface area contributed by atoms with E-state index in [-0.39, 0.29) is 5.91 Å². The van der Waals surface area contributed by atoms with Crippen LogP contribution in [0.1, 0.15) is 6.42 Å². The molecule has 94 valence electrons. The van der Waals surface area contributed by atoms with Crippen LogP contribution in [0.15, 0.2) is 29.2 Å². The van der Waals surface area contributed by atoms with Crippen LogP contribution in [-0.2, 0) is 9.53 Å². The van der Waals surface area contributed by atoms with Gasteiger partial charge in [-0.15, -0.1) is 11.8 Å². The number of amides is 1. The summed E-state index contributed by atoms with van der Waals surface area (Å²) in [7, 11) is 1.59. The van der Waals surface area contributed by atoms with Crippen molar-refractivity contribution in [2.24, 2.45) is 5.73 Å². The quantitative estimate of drug-likeness (QED) is 0.759. The summed E-state index contributed by atoms with van der Waals surface area (Å²) in [6.07, 6.45) is 2.49. The minimum atomic E-state index is -0.537. The number of thioether (sulfide) groups is 1. The first-order chi connectivity index (χ1) is 8.19. The first-order valence-corrected chi connectivity index (χ1v) is 6.60. The monoisotopic (exact) mass is 254 g/mol. The van der Waals surface area contributed by atoms with Gasteiger partial charge in [0, 0.05) is 18.6 Å². The molecular weight excluding hydrogens is 236 g/mol. The summed E-state index contributed by atoms with van der Waals surface area (Å²) in [5, 5.41) is 2.83. The number of para-hydroxylation sites is 1. The molecular formula is C12H18N2O2S. The summed E-state index contributed by atoms with van der Waals surface area (Å²) in [6.45, 7) is 0.485. The minimum Gasteiger partial charge on any atom is -0.385 e. The lowest BCUT2D eigenvalue weighted by molar-refractivity contribution is -0.117. The number of rotatable bonds is 6. The lowest BCUT2D eigenvalue weighted by Gasteiger charge is -2.13. The molecule has 0 saturated heterocycles. The van der Waals surface area contributed by atoms with Gasteiger partial charge in [-0.05, 0) is 24.8 Å². The summed E-state index contributed by atoms with van der Waals surface area (Å²) in [6, 6.07) is 7.11. The number of carbonyl (C=O) groups is 1. The van der Waals surface area contributed by atoms with Crippen LogP contribution in [0.4, 0.5) is 5.69 Å². The smallest absolute Gasteiger partial charge is 0.241 e. The fraction of sp³-hybridized carbons (Fsp3) is 0.417. The second-order valence-electron chi connectivity index (χ2n) is 3.58. The van der Waals surface area contributed by atoms with Crippen LogP contribution in [0.3, 0.4) is 0 Å². The summed E-state index contributed by atoms with van der Waals surface area (Å²) in [5.74, 6) is -0.177. The second-order valence-corrected chi connectivity index (χ2v) is 4.43. The van der Waals surface area contributed by atoms with Crippen molar-refractivity contribution in [2.45, 2.75) is 17.4 Å². The molecule has 0 heterocycles. The molecule has 0 fully saturated rings. The van der Waals surface area contributed by atoms with Crippen LogP contribution in [-0.4, -0.2) is 31.9 Å². The highest BCUT2D eigenvalue weighted by atomic mass is 32.2. The standard InChI is InChI=1S/C12H18N2O2S/c1-16-8-7-9(13)12(15)14-10-5-3-4-6-11(10)17-2/h3-6,9H,7-8,13H2,1-2H3,(H,14,15). The van der Waals surface area contributed by atoms with Crippen molar-refractivity contribution >= 4 is 23.4 Å². The van der Waals surface area contributed by atoms with Crippen LogP contribution >= 0.6 is 11.8 Å². The third-order valence-electron chi connectivity index (χ3n) is 2.33. The van der Waals surface area contributed by atoms with E-state index < -0.39 is 6.04 Å². The highest BCUT2D eigenvalue weighted by molar-refractivity contribution is 7.98. The van der Waals surface area contributed by atoms with Gasteiger partial charge in [0.15, 0.2) is 0 Å². The molecule has 5 heteroatoms. The molecule has 1 atom stereocenters. The van der Waals surface area contributed by atoms with Crippen molar-refractivity contribution in [1.29, 1.82) is 0 Å². The number of benzene rings is 1. The van der Waals surface area contributed by atoms with Crippen molar-refractivity contribution in [3.8, 4) is 0 Å². The first kappa shape index (κ1) is 14.0. The Morgan fingerprint density at radius 3 is 2.88 bits per heavy atom. The largest absolute Gasteiger partial charge is 0.385 e. The molecule has 0 radical (unpaired) electrons. The number of ether oxygens (including phenoxy) is 1. The molecule has 3 N–H and O–H groups in total. The maximum atomic E-state index is 11.8. The number of anilines is 1. The van der Waals surface area contributed by atoms with E-state index in [0.717, 1.165) is 10.6 Å². The van der Waals surface area contributed by atoms with E-state index >= 15 is 0 Å². The van der Waals surface area contributed by atoms with E-state index in [1.54, 1.807) is 18.9 Å². The van der Waals surface area contributed by atoms with Crippen LogP contribution < -0.4 is 11.1 Å². The van der Waals surface area contributed by atoms with Crippen molar-refractivity contribution in [3.63, 3.8) is 0 Å². The fourth-order valence-corrected chi connectivity index (χ4v) is 1.90. The Hall–Kier alpha value is -1.04. The van der Waals surface area contributed by atoms with Crippen LogP contribution in [0.25, 0.3) is 0 Å². The summed E-state index contributed by atoms with van der Waals surface area (Å²) in [4.78, 5) is 12.8. The molecule has 0 aliphatic carbocycles. The zero-order chi connectivity index (χ0) is 12.7. The van der Waals surface area contributed by atoms with Gasteiger partial charge in [-0.2, -0.15) is 0 Å². The molecule has 0 aliphatic rings. The molecule has 0 spiro atoms. The number of nitrogens with one attached hydrogen (secondary N) is 1. The Labute approximate surface area is 106 Å². The maximum absolute atomic E-state index is 11.8.